The first-order valence-corrected chi connectivity index (χ1v) is 6.87. The SMILES string of the molecule is CC1(C)CC(=O)N(CC2(O)CCCCC2)C(=O)C1. The average molecular weight is 253 g/mol. The topological polar surface area (TPSA) is 57.6 Å². The second-order valence-electron chi connectivity index (χ2n) is 6.68. The van der Waals surface area contributed by atoms with Crippen LogP contribution in [0.2, 0.25) is 0 Å². The Bertz CT molecular complexity index is 336. The highest BCUT2D eigenvalue weighted by molar-refractivity contribution is 5.98. The van der Waals surface area contributed by atoms with E-state index in [1.807, 2.05) is 13.8 Å². The van der Waals surface area contributed by atoms with Crippen molar-refractivity contribution in [3.63, 3.8) is 0 Å². The maximum absolute atomic E-state index is 12.0. The minimum Gasteiger partial charge on any atom is -0.388 e. The quantitative estimate of drug-likeness (QED) is 0.764. The van der Waals surface area contributed by atoms with E-state index >= 15 is 0 Å². The molecule has 2 amide bonds. The van der Waals surface area contributed by atoms with Gasteiger partial charge in [-0.25, -0.2) is 0 Å². The standard InChI is InChI=1S/C14H23NO3/c1-13(2)8-11(16)15(12(17)9-13)10-14(18)6-4-3-5-7-14/h18H,3-10H2,1-2H3. The molecular weight excluding hydrogens is 230 g/mol. The lowest BCUT2D eigenvalue weighted by Gasteiger charge is -2.40. The van der Waals surface area contributed by atoms with Crippen molar-refractivity contribution >= 4 is 11.8 Å². The van der Waals surface area contributed by atoms with Crippen molar-refractivity contribution in [3.8, 4) is 0 Å². The fourth-order valence-electron chi connectivity index (χ4n) is 3.05. The van der Waals surface area contributed by atoms with Crippen molar-refractivity contribution in [2.75, 3.05) is 6.54 Å². The summed E-state index contributed by atoms with van der Waals surface area (Å²) < 4.78 is 0. The van der Waals surface area contributed by atoms with Gasteiger partial charge in [0.2, 0.25) is 11.8 Å². The van der Waals surface area contributed by atoms with Crippen LogP contribution in [-0.4, -0.2) is 34.0 Å². The summed E-state index contributed by atoms with van der Waals surface area (Å²) in [5.74, 6) is -0.259. The van der Waals surface area contributed by atoms with Gasteiger partial charge in [0.15, 0.2) is 0 Å². The Morgan fingerprint density at radius 2 is 1.56 bits per heavy atom. The summed E-state index contributed by atoms with van der Waals surface area (Å²) in [4.78, 5) is 25.3. The van der Waals surface area contributed by atoms with Crippen LogP contribution in [0.4, 0.5) is 0 Å². The second-order valence-corrected chi connectivity index (χ2v) is 6.68. The van der Waals surface area contributed by atoms with E-state index < -0.39 is 5.60 Å². The molecule has 1 saturated heterocycles. The van der Waals surface area contributed by atoms with Gasteiger partial charge < -0.3 is 5.11 Å². The van der Waals surface area contributed by atoms with Crippen molar-refractivity contribution in [1.82, 2.24) is 4.90 Å². The predicted octanol–water partition coefficient (Wildman–Crippen LogP) is 1.86. The van der Waals surface area contributed by atoms with Crippen molar-refractivity contribution in [2.24, 2.45) is 5.41 Å². The number of piperidine rings is 1. The molecule has 18 heavy (non-hydrogen) atoms. The van der Waals surface area contributed by atoms with Crippen LogP contribution in [0.5, 0.6) is 0 Å². The summed E-state index contributed by atoms with van der Waals surface area (Å²) in [6.07, 6.45) is 5.30. The van der Waals surface area contributed by atoms with Crippen molar-refractivity contribution in [3.05, 3.63) is 0 Å². The van der Waals surface area contributed by atoms with Crippen molar-refractivity contribution in [1.29, 1.82) is 0 Å². The molecule has 0 unspecified atom stereocenters. The van der Waals surface area contributed by atoms with Gasteiger partial charge in [-0.3, -0.25) is 14.5 Å². The van der Waals surface area contributed by atoms with Gasteiger partial charge in [-0.1, -0.05) is 33.1 Å². The maximum atomic E-state index is 12.0. The minimum atomic E-state index is -0.842. The third-order valence-electron chi connectivity index (χ3n) is 4.10. The molecule has 4 heteroatoms. The molecular formula is C14H23NO3. The number of hydrogen-bond donors (Lipinski definition) is 1. The van der Waals surface area contributed by atoms with E-state index in [0.29, 0.717) is 25.7 Å². The Kier molecular flexibility index (Phi) is 3.49. The number of amides is 2. The highest BCUT2D eigenvalue weighted by Gasteiger charge is 2.41. The highest BCUT2D eigenvalue weighted by Crippen LogP contribution is 2.34. The van der Waals surface area contributed by atoms with Gasteiger partial charge in [-0.2, -0.15) is 0 Å². The Morgan fingerprint density at radius 3 is 2.06 bits per heavy atom. The van der Waals surface area contributed by atoms with Gasteiger partial charge >= 0.3 is 0 Å². The average Bonchev–Trinajstić information content (AvgIpc) is 2.23. The Hall–Kier alpha value is -0.900. The molecule has 0 aromatic heterocycles. The van der Waals surface area contributed by atoms with E-state index in [1.165, 1.54) is 4.90 Å². The van der Waals surface area contributed by atoms with E-state index in [0.717, 1.165) is 19.3 Å². The molecule has 0 atom stereocenters. The summed E-state index contributed by atoms with van der Waals surface area (Å²) in [5.41, 5.74) is -1.08. The normalized spacial score (nSPS) is 27.4. The number of likely N-dealkylation sites (tertiary alicyclic amines) is 1. The van der Waals surface area contributed by atoms with E-state index in [-0.39, 0.29) is 23.8 Å². The lowest BCUT2D eigenvalue weighted by Crippen LogP contribution is -2.53. The number of hydrogen-bond acceptors (Lipinski definition) is 3. The van der Waals surface area contributed by atoms with Crippen LogP contribution >= 0.6 is 0 Å². The molecule has 1 saturated carbocycles. The van der Waals surface area contributed by atoms with E-state index in [4.69, 9.17) is 0 Å². The molecule has 1 N–H and O–H groups in total. The molecule has 0 spiro atoms. The molecule has 4 nitrogen and oxygen atoms in total. The van der Waals surface area contributed by atoms with E-state index in [2.05, 4.69) is 0 Å². The van der Waals surface area contributed by atoms with Gasteiger partial charge in [-0.15, -0.1) is 0 Å². The lowest BCUT2D eigenvalue weighted by molar-refractivity contribution is -0.157. The lowest BCUT2D eigenvalue weighted by atomic mass is 9.80. The van der Waals surface area contributed by atoms with Crippen LogP contribution in [0, 0.1) is 5.41 Å². The van der Waals surface area contributed by atoms with Gasteiger partial charge in [0.25, 0.3) is 0 Å². The summed E-state index contributed by atoms with van der Waals surface area (Å²) in [6.45, 7) is 4.08. The molecule has 0 radical (unpaired) electrons. The first-order chi connectivity index (χ1) is 8.31. The van der Waals surface area contributed by atoms with Gasteiger partial charge in [-0.05, 0) is 18.3 Å². The first-order valence-electron chi connectivity index (χ1n) is 6.87. The molecule has 2 fully saturated rings. The highest BCUT2D eigenvalue weighted by atomic mass is 16.3. The Balaban J connectivity index is 2.05. The number of aliphatic hydroxyl groups is 1. The van der Waals surface area contributed by atoms with Crippen LogP contribution in [0.25, 0.3) is 0 Å². The second kappa shape index (κ2) is 4.65. The molecule has 1 aliphatic carbocycles. The van der Waals surface area contributed by atoms with Crippen molar-refractivity contribution < 1.29 is 14.7 Å². The molecule has 2 aliphatic rings. The molecule has 1 heterocycles. The number of β-amino-alcohol motifs (C(OH)–C–C–N with tert-alkyl or cyclic N) is 1. The van der Waals surface area contributed by atoms with Crippen LogP contribution < -0.4 is 0 Å². The zero-order valence-electron chi connectivity index (χ0n) is 11.4. The van der Waals surface area contributed by atoms with Crippen molar-refractivity contribution in [2.45, 2.75) is 64.4 Å². The molecule has 2 rings (SSSR count). The van der Waals surface area contributed by atoms with E-state index in [1.54, 1.807) is 0 Å². The molecule has 102 valence electrons. The van der Waals surface area contributed by atoms with Crippen LogP contribution in [-0.2, 0) is 9.59 Å². The third-order valence-corrected chi connectivity index (χ3v) is 4.10. The third kappa shape index (κ3) is 2.91. The number of nitrogens with zero attached hydrogens (tertiary/aromatic N) is 1. The van der Waals surface area contributed by atoms with Crippen LogP contribution in [0.3, 0.4) is 0 Å². The van der Waals surface area contributed by atoms with Gasteiger partial charge in [0.1, 0.15) is 0 Å². The summed E-state index contributed by atoms with van der Waals surface area (Å²) >= 11 is 0. The fraction of sp³-hybridized carbons (Fsp3) is 0.857. The minimum absolute atomic E-state index is 0.129. The summed E-state index contributed by atoms with van der Waals surface area (Å²) in [6, 6.07) is 0. The smallest absolute Gasteiger partial charge is 0.229 e. The Labute approximate surface area is 108 Å². The monoisotopic (exact) mass is 253 g/mol. The zero-order valence-corrected chi connectivity index (χ0v) is 11.4. The van der Waals surface area contributed by atoms with Gasteiger partial charge in [0.05, 0.1) is 12.1 Å². The number of carbonyl (C=O) groups excluding carboxylic acids is 2. The molecule has 0 aromatic carbocycles. The molecule has 1 aliphatic heterocycles. The zero-order chi connectivity index (χ0) is 13.4. The molecule has 0 bridgehead atoms. The molecule has 0 aromatic rings. The number of rotatable bonds is 2. The largest absolute Gasteiger partial charge is 0.388 e. The first kappa shape index (κ1) is 13.5. The maximum Gasteiger partial charge on any atom is 0.229 e. The number of imide groups is 1. The van der Waals surface area contributed by atoms with E-state index in [9.17, 15) is 14.7 Å². The fourth-order valence-corrected chi connectivity index (χ4v) is 3.05. The summed E-state index contributed by atoms with van der Waals surface area (Å²) in [7, 11) is 0. The summed E-state index contributed by atoms with van der Waals surface area (Å²) in [5, 5.41) is 10.4. The Morgan fingerprint density at radius 1 is 1.06 bits per heavy atom. The van der Waals surface area contributed by atoms with Crippen LogP contribution in [0.1, 0.15) is 58.8 Å². The predicted molar refractivity (Wildman–Crippen MR) is 67.8 cm³/mol. The number of carbonyl (C=O) groups is 2. The van der Waals surface area contributed by atoms with Crippen LogP contribution in [0.15, 0.2) is 0 Å². The van der Waals surface area contributed by atoms with Gasteiger partial charge in [0, 0.05) is 12.8 Å².